The molecule has 35 heavy (non-hydrogen) atoms. The smallest absolute Gasteiger partial charge is 0.243 e. The maximum absolute atomic E-state index is 13.5. The van der Waals surface area contributed by atoms with Crippen LogP contribution >= 0.6 is 11.6 Å². The Labute approximate surface area is 213 Å². The van der Waals surface area contributed by atoms with Gasteiger partial charge >= 0.3 is 0 Å². The summed E-state index contributed by atoms with van der Waals surface area (Å²) >= 11 is 6.05. The summed E-state index contributed by atoms with van der Waals surface area (Å²) in [6.07, 6.45) is 1.12. The number of methoxy groups -OCH3 is 1. The van der Waals surface area contributed by atoms with Gasteiger partial charge in [0.05, 0.1) is 7.11 Å². The van der Waals surface area contributed by atoms with E-state index in [-0.39, 0.29) is 17.7 Å². The molecule has 0 saturated carbocycles. The average molecular weight is 493 g/mol. The van der Waals surface area contributed by atoms with Gasteiger partial charge in [-0.3, -0.25) is 9.59 Å². The third-order valence-corrected chi connectivity index (χ3v) is 6.12. The van der Waals surface area contributed by atoms with Crippen LogP contribution in [0.25, 0.3) is 0 Å². The monoisotopic (exact) mass is 492 g/mol. The molecule has 0 bridgehead atoms. The van der Waals surface area contributed by atoms with Crippen LogP contribution in [0.1, 0.15) is 30.5 Å². The van der Waals surface area contributed by atoms with Crippen LogP contribution in [0.5, 0.6) is 5.75 Å². The lowest BCUT2D eigenvalue weighted by Crippen LogP contribution is -2.51. The van der Waals surface area contributed by atoms with Crippen LogP contribution in [-0.4, -0.2) is 36.4 Å². The molecule has 0 spiro atoms. The molecule has 3 aromatic carbocycles. The lowest BCUT2D eigenvalue weighted by molar-refractivity contribution is -0.143. The van der Waals surface area contributed by atoms with Gasteiger partial charge in [-0.15, -0.1) is 0 Å². The van der Waals surface area contributed by atoms with E-state index in [0.717, 1.165) is 22.4 Å². The Morgan fingerprint density at radius 1 is 0.886 bits per heavy atom. The number of hydrogen-bond acceptors (Lipinski definition) is 3. The van der Waals surface area contributed by atoms with Gasteiger partial charge in [-0.2, -0.15) is 0 Å². The molecular weight excluding hydrogens is 460 g/mol. The van der Waals surface area contributed by atoms with E-state index in [9.17, 15) is 9.59 Å². The van der Waals surface area contributed by atoms with Crippen molar-refractivity contribution in [1.29, 1.82) is 0 Å². The van der Waals surface area contributed by atoms with Crippen LogP contribution in [0, 0.1) is 5.92 Å². The fraction of sp³-hybridized carbons (Fsp3) is 0.310. The van der Waals surface area contributed by atoms with Crippen molar-refractivity contribution < 1.29 is 14.3 Å². The van der Waals surface area contributed by atoms with Crippen molar-refractivity contribution in [2.24, 2.45) is 5.92 Å². The molecule has 184 valence electrons. The summed E-state index contributed by atoms with van der Waals surface area (Å²) in [5.74, 6) is 0.329. The van der Waals surface area contributed by atoms with Gasteiger partial charge in [-0.25, -0.2) is 0 Å². The Bertz CT molecular complexity index is 1080. The third-order valence-electron chi connectivity index (χ3n) is 5.87. The van der Waals surface area contributed by atoms with Crippen molar-refractivity contribution in [3.63, 3.8) is 0 Å². The van der Waals surface area contributed by atoms with Gasteiger partial charge in [0.1, 0.15) is 11.8 Å². The summed E-state index contributed by atoms with van der Waals surface area (Å²) in [6.45, 7) is 4.52. The fourth-order valence-electron chi connectivity index (χ4n) is 3.88. The molecule has 0 radical (unpaired) electrons. The maximum atomic E-state index is 13.5. The van der Waals surface area contributed by atoms with Crippen molar-refractivity contribution in [3.05, 3.63) is 101 Å². The van der Waals surface area contributed by atoms with Crippen molar-refractivity contribution in [3.8, 4) is 5.75 Å². The second-order valence-electron chi connectivity index (χ2n) is 8.84. The molecule has 6 heteroatoms. The fourth-order valence-corrected chi connectivity index (χ4v) is 4.01. The highest BCUT2D eigenvalue weighted by Gasteiger charge is 2.31. The molecule has 0 aliphatic heterocycles. The Hall–Kier alpha value is -3.31. The van der Waals surface area contributed by atoms with Gasteiger partial charge in [0.2, 0.25) is 11.8 Å². The third kappa shape index (κ3) is 7.86. The minimum Gasteiger partial charge on any atom is -0.497 e. The van der Waals surface area contributed by atoms with Crippen molar-refractivity contribution in [2.75, 3.05) is 13.7 Å². The summed E-state index contributed by atoms with van der Waals surface area (Å²) in [5, 5.41) is 3.70. The van der Waals surface area contributed by atoms with Crippen LogP contribution < -0.4 is 10.1 Å². The number of rotatable bonds is 11. The largest absolute Gasteiger partial charge is 0.497 e. The summed E-state index contributed by atoms with van der Waals surface area (Å²) in [4.78, 5) is 28.5. The van der Waals surface area contributed by atoms with Gasteiger partial charge < -0.3 is 15.0 Å². The van der Waals surface area contributed by atoms with Gasteiger partial charge in [0.25, 0.3) is 0 Å². The molecule has 1 unspecified atom stereocenters. The van der Waals surface area contributed by atoms with Crippen LogP contribution in [0.2, 0.25) is 5.02 Å². The van der Waals surface area contributed by atoms with E-state index >= 15 is 0 Å². The first-order valence-electron chi connectivity index (χ1n) is 11.9. The Morgan fingerprint density at radius 3 is 2.11 bits per heavy atom. The minimum atomic E-state index is -0.640. The van der Waals surface area contributed by atoms with Crippen molar-refractivity contribution >= 4 is 23.4 Å². The summed E-state index contributed by atoms with van der Waals surface area (Å²) < 4.78 is 5.21. The van der Waals surface area contributed by atoms with Gasteiger partial charge in [0, 0.05) is 30.5 Å². The maximum Gasteiger partial charge on any atom is 0.243 e. The molecule has 0 aliphatic rings. The quantitative estimate of drug-likeness (QED) is 0.395. The number of halogens is 1. The summed E-state index contributed by atoms with van der Waals surface area (Å²) in [6, 6.07) is 24.3. The topological polar surface area (TPSA) is 58.6 Å². The van der Waals surface area contributed by atoms with E-state index in [1.54, 1.807) is 24.1 Å². The molecule has 2 amide bonds. The number of nitrogens with zero attached hydrogens (tertiary/aromatic N) is 1. The van der Waals surface area contributed by atoms with Gasteiger partial charge in [-0.05, 0) is 47.4 Å². The molecule has 0 fully saturated rings. The van der Waals surface area contributed by atoms with E-state index in [2.05, 4.69) is 5.32 Å². The van der Waals surface area contributed by atoms with Crippen molar-refractivity contribution in [2.45, 2.75) is 39.3 Å². The first-order chi connectivity index (χ1) is 16.9. The van der Waals surface area contributed by atoms with Crippen molar-refractivity contribution in [1.82, 2.24) is 10.2 Å². The van der Waals surface area contributed by atoms with Crippen LogP contribution in [0.4, 0.5) is 0 Å². The normalized spacial score (nSPS) is 11.7. The molecule has 0 aromatic heterocycles. The summed E-state index contributed by atoms with van der Waals surface area (Å²) in [7, 11) is 1.64. The number of carbonyl (C=O) groups is 2. The highest BCUT2D eigenvalue weighted by atomic mass is 35.5. The van der Waals surface area contributed by atoms with Crippen LogP contribution in [0.3, 0.4) is 0 Å². The Balaban J connectivity index is 1.80. The number of benzene rings is 3. The highest BCUT2D eigenvalue weighted by molar-refractivity contribution is 6.30. The molecule has 1 atom stereocenters. The van der Waals surface area contributed by atoms with Gasteiger partial charge in [0.15, 0.2) is 0 Å². The lowest BCUT2D eigenvalue weighted by Gasteiger charge is -2.33. The predicted molar refractivity (Wildman–Crippen MR) is 140 cm³/mol. The predicted octanol–water partition coefficient (Wildman–Crippen LogP) is 5.30. The molecule has 5 nitrogen and oxygen atoms in total. The zero-order valence-electron chi connectivity index (χ0n) is 20.5. The SMILES string of the molecule is COc1ccc(CCNC(=O)C(Cc2ccccc2)N(Cc2ccc(Cl)cc2)C(=O)C(C)C)cc1. The number of ether oxygens (including phenoxy) is 1. The minimum absolute atomic E-state index is 0.0637. The van der Waals surface area contributed by atoms with E-state index in [0.29, 0.717) is 31.0 Å². The van der Waals surface area contributed by atoms with Gasteiger partial charge in [-0.1, -0.05) is 80.0 Å². The first-order valence-corrected chi connectivity index (χ1v) is 12.2. The molecule has 0 saturated heterocycles. The lowest BCUT2D eigenvalue weighted by atomic mass is 10.0. The first kappa shape index (κ1) is 26.3. The second-order valence-corrected chi connectivity index (χ2v) is 9.28. The second kappa shape index (κ2) is 13.0. The molecule has 3 rings (SSSR count). The Morgan fingerprint density at radius 2 is 1.51 bits per heavy atom. The van der Waals surface area contributed by atoms with E-state index in [1.807, 2.05) is 80.6 Å². The summed E-state index contributed by atoms with van der Waals surface area (Å²) in [5.41, 5.74) is 3.02. The van der Waals surface area contributed by atoms with E-state index < -0.39 is 6.04 Å². The average Bonchev–Trinajstić information content (AvgIpc) is 2.87. The van der Waals surface area contributed by atoms with E-state index in [4.69, 9.17) is 16.3 Å². The highest BCUT2D eigenvalue weighted by Crippen LogP contribution is 2.19. The number of nitrogens with one attached hydrogen (secondary N) is 1. The Kier molecular flexibility index (Phi) is 9.74. The molecule has 3 aromatic rings. The molecule has 1 N–H and O–H groups in total. The standard InChI is InChI=1S/C29H33ClN2O3/c1-21(2)29(34)32(20-24-9-13-25(30)14-10-24)27(19-23-7-5-4-6-8-23)28(33)31-18-17-22-11-15-26(35-3)16-12-22/h4-16,21,27H,17-20H2,1-3H3,(H,31,33). The molecular formula is C29H33ClN2O3. The number of amides is 2. The number of carbonyl (C=O) groups excluding carboxylic acids is 2. The van der Waals surface area contributed by atoms with Crippen LogP contribution in [0.15, 0.2) is 78.9 Å². The molecule has 0 aliphatic carbocycles. The zero-order valence-corrected chi connectivity index (χ0v) is 21.3. The van der Waals surface area contributed by atoms with Crippen LogP contribution in [-0.2, 0) is 29.0 Å². The van der Waals surface area contributed by atoms with E-state index in [1.165, 1.54) is 0 Å². The molecule has 0 heterocycles. The zero-order chi connectivity index (χ0) is 25.2. The number of hydrogen-bond donors (Lipinski definition) is 1.